The summed E-state index contributed by atoms with van der Waals surface area (Å²) in [7, 11) is 0. The summed E-state index contributed by atoms with van der Waals surface area (Å²) in [5.41, 5.74) is 0.215. The van der Waals surface area contributed by atoms with Crippen molar-refractivity contribution in [3.63, 3.8) is 0 Å². The third-order valence-electron chi connectivity index (χ3n) is 6.31. The number of amides is 1. The average molecular weight is 362 g/mol. The standard InChI is InChI=1S/C20H24ClNO3/c21-15-7-5-14(6-8-15)19(9-4-10-19)22-18(24)16-13-17(23)25-20(16)11-2-1-3-12-20/h5-8,16H,1-4,9-13H2,(H,22,24). The van der Waals surface area contributed by atoms with E-state index in [4.69, 9.17) is 16.3 Å². The van der Waals surface area contributed by atoms with Crippen LogP contribution in [0, 0.1) is 5.92 Å². The lowest BCUT2D eigenvalue weighted by molar-refractivity contribution is -0.154. The molecule has 0 aromatic heterocycles. The highest BCUT2D eigenvalue weighted by atomic mass is 35.5. The predicted molar refractivity (Wildman–Crippen MR) is 95.1 cm³/mol. The second-order valence-electron chi connectivity index (χ2n) is 7.79. The molecule has 5 heteroatoms. The summed E-state index contributed by atoms with van der Waals surface area (Å²) in [5, 5.41) is 3.98. The molecule has 1 N–H and O–H groups in total. The van der Waals surface area contributed by atoms with E-state index in [9.17, 15) is 9.59 Å². The molecule has 3 fully saturated rings. The van der Waals surface area contributed by atoms with Crippen LogP contribution in [0.5, 0.6) is 0 Å². The number of rotatable bonds is 3. The second kappa shape index (κ2) is 6.31. The van der Waals surface area contributed by atoms with Crippen LogP contribution >= 0.6 is 11.6 Å². The maximum atomic E-state index is 13.1. The third-order valence-corrected chi connectivity index (χ3v) is 6.56. The molecular formula is C20H24ClNO3. The zero-order valence-electron chi connectivity index (χ0n) is 14.4. The lowest BCUT2D eigenvalue weighted by Gasteiger charge is -2.45. The summed E-state index contributed by atoms with van der Waals surface area (Å²) in [6.07, 6.45) is 7.98. The number of hydrogen-bond acceptors (Lipinski definition) is 3. The van der Waals surface area contributed by atoms with Crippen molar-refractivity contribution in [2.75, 3.05) is 0 Å². The number of esters is 1. The first-order valence-corrected chi connectivity index (χ1v) is 9.71. The van der Waals surface area contributed by atoms with E-state index in [1.165, 1.54) is 0 Å². The Hall–Kier alpha value is -1.55. The van der Waals surface area contributed by atoms with Gasteiger partial charge in [0.05, 0.1) is 17.9 Å². The normalized spacial score (nSPS) is 26.8. The van der Waals surface area contributed by atoms with Crippen molar-refractivity contribution in [2.45, 2.75) is 68.9 Å². The monoisotopic (exact) mass is 361 g/mol. The average Bonchev–Trinajstić information content (AvgIpc) is 2.88. The Kier molecular flexibility index (Phi) is 4.27. The highest BCUT2D eigenvalue weighted by Crippen LogP contribution is 2.46. The first kappa shape index (κ1) is 16.9. The van der Waals surface area contributed by atoms with Crippen LogP contribution in [0.2, 0.25) is 5.02 Å². The molecule has 4 nitrogen and oxygen atoms in total. The Labute approximate surface area is 153 Å². The predicted octanol–water partition coefficient (Wildman–Crippen LogP) is 4.10. The van der Waals surface area contributed by atoms with E-state index in [1.807, 2.05) is 24.3 Å². The lowest BCUT2D eigenvalue weighted by Crippen LogP contribution is -2.55. The molecule has 3 aliphatic rings. The quantitative estimate of drug-likeness (QED) is 0.824. The van der Waals surface area contributed by atoms with Crippen molar-refractivity contribution in [3.8, 4) is 0 Å². The van der Waals surface area contributed by atoms with E-state index in [0.29, 0.717) is 5.02 Å². The van der Waals surface area contributed by atoms with E-state index in [1.54, 1.807) is 0 Å². The SMILES string of the molecule is O=C1CC(C(=O)NC2(c3ccc(Cl)cc3)CCC2)C2(CCCCC2)O1. The van der Waals surface area contributed by atoms with Crippen molar-refractivity contribution < 1.29 is 14.3 Å². The molecule has 0 bridgehead atoms. The van der Waals surface area contributed by atoms with Gasteiger partial charge in [0.15, 0.2) is 0 Å². The van der Waals surface area contributed by atoms with Crippen LogP contribution in [0.15, 0.2) is 24.3 Å². The molecule has 1 aromatic rings. The molecule has 2 aliphatic carbocycles. The molecule has 1 atom stereocenters. The van der Waals surface area contributed by atoms with E-state index < -0.39 is 5.60 Å². The molecule has 2 saturated carbocycles. The van der Waals surface area contributed by atoms with Crippen LogP contribution < -0.4 is 5.32 Å². The van der Waals surface area contributed by atoms with Crippen LogP contribution in [0.3, 0.4) is 0 Å². The minimum absolute atomic E-state index is 0.0256. The maximum absolute atomic E-state index is 13.1. The zero-order chi connectivity index (χ0) is 17.5. The number of nitrogens with one attached hydrogen (secondary N) is 1. The largest absolute Gasteiger partial charge is 0.458 e. The maximum Gasteiger partial charge on any atom is 0.307 e. The molecule has 4 rings (SSSR count). The van der Waals surface area contributed by atoms with Gasteiger partial charge in [-0.15, -0.1) is 0 Å². The summed E-state index contributed by atoms with van der Waals surface area (Å²) in [5.74, 6) is -0.608. The summed E-state index contributed by atoms with van der Waals surface area (Å²) < 4.78 is 5.69. The number of hydrogen-bond donors (Lipinski definition) is 1. The molecule has 1 aliphatic heterocycles. The molecule has 1 heterocycles. The number of carbonyl (C=O) groups is 2. The van der Waals surface area contributed by atoms with Crippen molar-refractivity contribution in [2.24, 2.45) is 5.92 Å². The number of halogens is 1. The van der Waals surface area contributed by atoms with Gasteiger partial charge < -0.3 is 10.1 Å². The van der Waals surface area contributed by atoms with Gasteiger partial charge in [-0.05, 0) is 62.6 Å². The van der Waals surface area contributed by atoms with E-state index >= 15 is 0 Å². The van der Waals surface area contributed by atoms with Crippen molar-refractivity contribution in [1.29, 1.82) is 0 Å². The fourth-order valence-corrected chi connectivity index (χ4v) is 4.86. The molecule has 1 aromatic carbocycles. The fraction of sp³-hybridized carbons (Fsp3) is 0.600. The van der Waals surface area contributed by atoms with Gasteiger partial charge in [0, 0.05) is 5.02 Å². The van der Waals surface area contributed by atoms with Crippen molar-refractivity contribution in [3.05, 3.63) is 34.9 Å². The lowest BCUT2D eigenvalue weighted by atomic mass is 9.70. The highest BCUT2D eigenvalue weighted by Gasteiger charge is 2.54. The Morgan fingerprint density at radius 2 is 1.72 bits per heavy atom. The van der Waals surface area contributed by atoms with E-state index in [2.05, 4.69) is 5.32 Å². The summed E-state index contributed by atoms with van der Waals surface area (Å²) in [4.78, 5) is 25.1. The molecule has 1 amide bonds. The smallest absolute Gasteiger partial charge is 0.307 e. The van der Waals surface area contributed by atoms with Gasteiger partial charge in [0.2, 0.25) is 5.91 Å². The molecule has 134 valence electrons. The van der Waals surface area contributed by atoms with Crippen LogP contribution in [0.4, 0.5) is 0 Å². The highest BCUT2D eigenvalue weighted by molar-refractivity contribution is 6.30. The molecule has 25 heavy (non-hydrogen) atoms. The Morgan fingerprint density at radius 3 is 2.32 bits per heavy atom. The first-order chi connectivity index (χ1) is 12.0. The van der Waals surface area contributed by atoms with E-state index in [-0.39, 0.29) is 29.8 Å². The van der Waals surface area contributed by atoms with E-state index in [0.717, 1.165) is 56.9 Å². The summed E-state index contributed by atoms with van der Waals surface area (Å²) in [6, 6.07) is 7.73. The van der Waals surface area contributed by atoms with Gasteiger partial charge in [0.25, 0.3) is 0 Å². The Morgan fingerprint density at radius 1 is 1.04 bits per heavy atom. The molecular weight excluding hydrogens is 338 g/mol. The molecule has 1 unspecified atom stereocenters. The number of carbonyl (C=O) groups excluding carboxylic acids is 2. The van der Waals surface area contributed by atoms with Crippen molar-refractivity contribution >= 4 is 23.5 Å². The minimum atomic E-state index is -0.565. The molecule has 1 saturated heterocycles. The molecule has 0 radical (unpaired) electrons. The minimum Gasteiger partial charge on any atom is -0.458 e. The Balaban J connectivity index is 1.55. The van der Waals surface area contributed by atoms with Gasteiger partial charge in [-0.2, -0.15) is 0 Å². The van der Waals surface area contributed by atoms with Crippen LogP contribution in [0.1, 0.15) is 63.4 Å². The van der Waals surface area contributed by atoms with Gasteiger partial charge in [0.1, 0.15) is 5.60 Å². The number of ether oxygens (including phenoxy) is 1. The van der Waals surface area contributed by atoms with Crippen molar-refractivity contribution in [1.82, 2.24) is 5.32 Å². The van der Waals surface area contributed by atoms with Crippen LogP contribution in [0.25, 0.3) is 0 Å². The third kappa shape index (κ3) is 2.95. The van der Waals surface area contributed by atoms with Crippen LogP contribution in [-0.4, -0.2) is 17.5 Å². The first-order valence-electron chi connectivity index (χ1n) is 9.33. The number of benzene rings is 1. The summed E-state index contributed by atoms with van der Waals surface area (Å²) >= 11 is 6.00. The summed E-state index contributed by atoms with van der Waals surface area (Å²) in [6.45, 7) is 0. The van der Waals surface area contributed by atoms with Crippen LogP contribution in [-0.2, 0) is 19.9 Å². The van der Waals surface area contributed by atoms with Gasteiger partial charge in [-0.3, -0.25) is 9.59 Å². The fourth-order valence-electron chi connectivity index (χ4n) is 4.73. The second-order valence-corrected chi connectivity index (χ2v) is 8.22. The van der Waals surface area contributed by atoms with Gasteiger partial charge in [-0.25, -0.2) is 0 Å². The zero-order valence-corrected chi connectivity index (χ0v) is 15.1. The Bertz CT molecular complexity index is 675. The molecule has 1 spiro atoms. The van der Waals surface area contributed by atoms with Gasteiger partial charge >= 0.3 is 5.97 Å². The van der Waals surface area contributed by atoms with Gasteiger partial charge in [-0.1, -0.05) is 30.2 Å². The topological polar surface area (TPSA) is 55.4 Å².